The molecule has 170 valence electrons. The topological polar surface area (TPSA) is 51.5 Å². The molecule has 0 atom stereocenters. The Hall–Kier alpha value is -3.50. The molecule has 0 bridgehead atoms. The van der Waals surface area contributed by atoms with Crippen LogP contribution in [0.2, 0.25) is 0 Å². The minimum absolute atomic E-state index is 0.123. The molecule has 0 aliphatic rings. The van der Waals surface area contributed by atoms with Gasteiger partial charge >= 0.3 is 6.18 Å². The summed E-state index contributed by atoms with van der Waals surface area (Å²) >= 11 is 0. The summed E-state index contributed by atoms with van der Waals surface area (Å²) in [6.45, 7) is 3.60. The van der Waals surface area contributed by atoms with Crippen LogP contribution in [0, 0.1) is 37.1 Å². The number of nitrogens with one attached hydrogen (secondary N) is 1. The minimum atomic E-state index is -5.69. The molecule has 3 rings (SSSR count). The molecule has 32 heavy (non-hydrogen) atoms. The summed E-state index contributed by atoms with van der Waals surface area (Å²) < 4.78 is 104. The zero-order valence-electron chi connectivity index (χ0n) is 16.5. The van der Waals surface area contributed by atoms with Crippen molar-refractivity contribution in [1.29, 1.82) is 0 Å². The SMILES string of the molecule is Cc1cc(C)cc(OCc2ccc(C(=O)Nc3c(F)c(F)c(C(F)(F)F)c(F)c3F)o2)c1. The first-order valence-electron chi connectivity index (χ1n) is 8.92. The van der Waals surface area contributed by atoms with Crippen molar-refractivity contribution in [2.75, 3.05) is 5.32 Å². The molecule has 4 nitrogen and oxygen atoms in total. The quantitative estimate of drug-likeness (QED) is 0.358. The summed E-state index contributed by atoms with van der Waals surface area (Å²) in [5.74, 6) is -11.4. The van der Waals surface area contributed by atoms with Gasteiger partial charge in [-0.3, -0.25) is 4.79 Å². The third-order valence-electron chi connectivity index (χ3n) is 4.25. The van der Waals surface area contributed by atoms with Gasteiger partial charge in [0.25, 0.3) is 5.91 Å². The fourth-order valence-electron chi connectivity index (χ4n) is 2.91. The highest BCUT2D eigenvalue weighted by molar-refractivity contribution is 6.02. The number of carbonyl (C=O) groups excluding carboxylic acids is 1. The average Bonchev–Trinajstić information content (AvgIpc) is 3.15. The van der Waals surface area contributed by atoms with Crippen molar-refractivity contribution in [2.24, 2.45) is 0 Å². The maximum Gasteiger partial charge on any atom is 0.422 e. The number of hydrogen-bond donors (Lipinski definition) is 1. The number of furan rings is 1. The average molecular weight is 461 g/mol. The number of alkyl halides is 3. The van der Waals surface area contributed by atoms with Gasteiger partial charge in [0.1, 0.15) is 29.4 Å². The van der Waals surface area contributed by atoms with Gasteiger partial charge in [-0.2, -0.15) is 13.2 Å². The van der Waals surface area contributed by atoms with Gasteiger partial charge in [0.2, 0.25) is 0 Å². The molecule has 1 N–H and O–H groups in total. The molecule has 0 fully saturated rings. The number of aryl methyl sites for hydroxylation is 2. The molecule has 0 spiro atoms. The van der Waals surface area contributed by atoms with Crippen LogP contribution in [0.15, 0.2) is 34.7 Å². The molecule has 0 aliphatic carbocycles. The van der Waals surface area contributed by atoms with E-state index in [0.29, 0.717) is 5.75 Å². The molecule has 1 heterocycles. The molecule has 0 aliphatic heterocycles. The molecule has 0 radical (unpaired) electrons. The molecular formula is C21H14F7NO3. The zero-order chi connectivity index (χ0) is 23.8. The molecule has 0 saturated carbocycles. The van der Waals surface area contributed by atoms with Gasteiger partial charge in [-0.25, -0.2) is 17.6 Å². The molecule has 11 heteroatoms. The third kappa shape index (κ3) is 4.71. The standard InChI is InChI=1S/C21H14F7NO3/c1-9-5-10(2)7-12(6-9)31-8-11-3-4-13(32-11)20(30)29-19-17(24)15(22)14(21(26,27)28)16(23)18(19)25/h3-7H,8H2,1-2H3,(H,29,30). The largest absolute Gasteiger partial charge is 0.486 e. The summed E-state index contributed by atoms with van der Waals surface area (Å²) in [6, 6.07) is 7.82. The van der Waals surface area contributed by atoms with Crippen LogP contribution in [0.25, 0.3) is 0 Å². The van der Waals surface area contributed by atoms with Crippen molar-refractivity contribution in [3.05, 3.63) is 81.8 Å². The molecule has 0 saturated heterocycles. The smallest absolute Gasteiger partial charge is 0.422 e. The van der Waals surface area contributed by atoms with Crippen molar-refractivity contribution < 1.29 is 44.7 Å². The van der Waals surface area contributed by atoms with Crippen molar-refractivity contribution in [3.63, 3.8) is 0 Å². The Morgan fingerprint density at radius 2 is 1.50 bits per heavy atom. The lowest BCUT2D eigenvalue weighted by molar-refractivity contribution is -0.143. The number of carbonyl (C=O) groups is 1. The number of benzene rings is 2. The Balaban J connectivity index is 1.78. The molecule has 1 amide bonds. The normalized spacial score (nSPS) is 11.5. The van der Waals surface area contributed by atoms with Crippen LogP contribution >= 0.6 is 0 Å². The van der Waals surface area contributed by atoms with Gasteiger partial charge < -0.3 is 14.5 Å². The van der Waals surface area contributed by atoms with Gasteiger partial charge in [-0.05, 0) is 49.2 Å². The van der Waals surface area contributed by atoms with E-state index < -0.39 is 52.4 Å². The zero-order valence-corrected chi connectivity index (χ0v) is 16.5. The second kappa shape index (κ2) is 8.56. The van der Waals surface area contributed by atoms with Crippen LogP contribution in [0.4, 0.5) is 36.4 Å². The highest BCUT2D eigenvalue weighted by atomic mass is 19.4. The molecule has 2 aromatic carbocycles. The van der Waals surface area contributed by atoms with E-state index in [0.717, 1.165) is 17.2 Å². The summed E-state index contributed by atoms with van der Waals surface area (Å²) in [4.78, 5) is 12.2. The second-order valence-corrected chi connectivity index (χ2v) is 6.84. The number of halogens is 7. The fourth-order valence-corrected chi connectivity index (χ4v) is 2.91. The number of amides is 1. The lowest BCUT2D eigenvalue weighted by Gasteiger charge is -2.14. The Bertz CT molecular complexity index is 1140. The van der Waals surface area contributed by atoms with Gasteiger partial charge in [-0.1, -0.05) is 6.07 Å². The highest BCUT2D eigenvalue weighted by Gasteiger charge is 2.42. The van der Waals surface area contributed by atoms with Crippen LogP contribution in [0.1, 0.15) is 33.0 Å². The Morgan fingerprint density at radius 1 is 0.938 bits per heavy atom. The van der Waals surface area contributed by atoms with Crippen LogP contribution in [0.5, 0.6) is 5.75 Å². The molecular weight excluding hydrogens is 447 g/mol. The number of hydrogen-bond acceptors (Lipinski definition) is 3. The summed E-state index contributed by atoms with van der Waals surface area (Å²) in [7, 11) is 0. The minimum Gasteiger partial charge on any atom is -0.486 e. The van der Waals surface area contributed by atoms with E-state index in [1.54, 1.807) is 12.1 Å². The monoisotopic (exact) mass is 461 g/mol. The lowest BCUT2D eigenvalue weighted by atomic mass is 10.1. The first-order valence-corrected chi connectivity index (χ1v) is 8.92. The number of rotatable bonds is 5. The summed E-state index contributed by atoms with van der Waals surface area (Å²) in [5.41, 5.74) is -2.57. The van der Waals surface area contributed by atoms with Crippen LogP contribution in [-0.4, -0.2) is 5.91 Å². The van der Waals surface area contributed by atoms with Gasteiger partial charge in [0.05, 0.1) is 0 Å². The van der Waals surface area contributed by atoms with E-state index >= 15 is 0 Å². The fraction of sp³-hybridized carbons (Fsp3) is 0.190. The second-order valence-electron chi connectivity index (χ2n) is 6.84. The predicted molar refractivity (Wildman–Crippen MR) is 98.2 cm³/mol. The molecule has 1 aromatic heterocycles. The van der Waals surface area contributed by atoms with Gasteiger partial charge in [-0.15, -0.1) is 0 Å². The van der Waals surface area contributed by atoms with Gasteiger partial charge in [0, 0.05) is 0 Å². The maximum atomic E-state index is 13.9. The Kier molecular flexibility index (Phi) is 6.20. The van der Waals surface area contributed by atoms with E-state index in [1.165, 1.54) is 11.4 Å². The summed E-state index contributed by atoms with van der Waals surface area (Å²) in [5, 5.41) is 1.49. The van der Waals surface area contributed by atoms with E-state index in [2.05, 4.69) is 0 Å². The maximum absolute atomic E-state index is 13.9. The van der Waals surface area contributed by atoms with E-state index in [-0.39, 0.29) is 12.4 Å². The van der Waals surface area contributed by atoms with Crippen molar-refractivity contribution in [2.45, 2.75) is 26.6 Å². The summed E-state index contributed by atoms with van der Waals surface area (Å²) in [6.07, 6.45) is -5.69. The predicted octanol–water partition coefficient (Wildman–Crippen LogP) is 6.30. The van der Waals surface area contributed by atoms with E-state index in [9.17, 15) is 35.5 Å². The first kappa shape index (κ1) is 23.2. The molecule has 0 unspecified atom stereocenters. The Labute approximate surface area is 176 Å². The highest BCUT2D eigenvalue weighted by Crippen LogP contribution is 2.38. The van der Waals surface area contributed by atoms with Crippen LogP contribution in [0.3, 0.4) is 0 Å². The third-order valence-corrected chi connectivity index (χ3v) is 4.25. The number of anilines is 1. The van der Waals surface area contributed by atoms with Crippen molar-refractivity contribution in [3.8, 4) is 5.75 Å². The van der Waals surface area contributed by atoms with Crippen molar-refractivity contribution >= 4 is 11.6 Å². The van der Waals surface area contributed by atoms with E-state index in [1.807, 2.05) is 19.9 Å². The van der Waals surface area contributed by atoms with Crippen molar-refractivity contribution in [1.82, 2.24) is 0 Å². The number of ether oxygens (including phenoxy) is 1. The lowest BCUT2D eigenvalue weighted by Crippen LogP contribution is -2.20. The molecule has 3 aromatic rings. The Morgan fingerprint density at radius 3 is 2.03 bits per heavy atom. The van der Waals surface area contributed by atoms with Crippen LogP contribution in [-0.2, 0) is 12.8 Å². The van der Waals surface area contributed by atoms with E-state index in [4.69, 9.17) is 9.15 Å². The van der Waals surface area contributed by atoms with Crippen LogP contribution < -0.4 is 10.1 Å². The van der Waals surface area contributed by atoms with Gasteiger partial charge in [0.15, 0.2) is 29.0 Å². The first-order chi connectivity index (χ1) is 14.9.